The van der Waals surface area contributed by atoms with E-state index in [0.29, 0.717) is 17.4 Å². The van der Waals surface area contributed by atoms with Crippen molar-refractivity contribution in [2.45, 2.75) is 6.61 Å². The first-order valence-electron chi connectivity index (χ1n) is 5.01. The average Bonchev–Trinajstić information content (AvgIpc) is 2.28. The zero-order valence-electron chi connectivity index (χ0n) is 8.86. The van der Waals surface area contributed by atoms with Crippen LogP contribution in [0.2, 0.25) is 5.02 Å². The third-order valence-electron chi connectivity index (χ3n) is 2.20. The topological polar surface area (TPSA) is 9.23 Å². The fraction of sp³-hybridized carbons (Fsp3) is 0.0769. The summed E-state index contributed by atoms with van der Waals surface area (Å²) in [5, 5.41) is 0.555. The first-order valence-corrected chi connectivity index (χ1v) is 6.32. The number of benzene rings is 2. The van der Waals surface area contributed by atoms with Crippen LogP contribution in [0.3, 0.4) is 0 Å². The Bertz CT molecular complexity index is 531. The Hall–Kier alpha value is -0.982. The van der Waals surface area contributed by atoms with Crippen LogP contribution in [0.5, 0.6) is 5.75 Å². The fourth-order valence-corrected chi connectivity index (χ4v) is 2.22. The fourth-order valence-electron chi connectivity index (χ4n) is 1.39. The molecule has 2 aromatic rings. The predicted octanol–water partition coefficient (Wildman–Crippen LogP) is 2.85. The Morgan fingerprint density at radius 3 is 2.71 bits per heavy atom. The summed E-state index contributed by atoms with van der Waals surface area (Å²) in [5.41, 5.74) is 0.775. The molecule has 0 atom stereocenters. The summed E-state index contributed by atoms with van der Waals surface area (Å²) in [5.74, 6) is 0.337. The van der Waals surface area contributed by atoms with Crippen LogP contribution < -0.4 is 9.09 Å². The molecule has 0 unspecified atom stereocenters. The Labute approximate surface area is 113 Å². The molecule has 0 saturated carbocycles. The molecule has 17 heavy (non-hydrogen) atoms. The molecule has 0 aliphatic carbocycles. The van der Waals surface area contributed by atoms with Crippen molar-refractivity contribution in [1.29, 1.82) is 0 Å². The molecule has 4 heteroatoms. The van der Waals surface area contributed by atoms with Gasteiger partial charge in [0.25, 0.3) is 0 Å². The molecule has 0 fully saturated rings. The molecule has 0 aromatic heterocycles. The van der Waals surface area contributed by atoms with E-state index in [1.807, 2.05) is 18.2 Å². The Morgan fingerprint density at radius 1 is 1.18 bits per heavy atom. The molecule has 2 radical (unpaired) electrons. The Kier molecular flexibility index (Phi) is 4.09. The van der Waals surface area contributed by atoms with Gasteiger partial charge in [-0.05, 0) is 0 Å². The van der Waals surface area contributed by atoms with Crippen LogP contribution >= 0.6 is 11.6 Å². The third kappa shape index (κ3) is 3.49. The molecule has 0 bridgehead atoms. The van der Waals surface area contributed by atoms with Crippen LogP contribution in [0.25, 0.3) is 0 Å². The van der Waals surface area contributed by atoms with E-state index in [2.05, 4.69) is 16.9 Å². The van der Waals surface area contributed by atoms with Gasteiger partial charge in [0.1, 0.15) is 0 Å². The van der Waals surface area contributed by atoms with Crippen molar-refractivity contribution in [3.05, 3.63) is 58.9 Å². The van der Waals surface area contributed by atoms with Crippen molar-refractivity contribution in [2.24, 2.45) is 0 Å². The molecule has 0 N–H and O–H groups in total. The minimum absolute atomic E-state index is 0.265. The Balaban J connectivity index is 2.07. The SMILES string of the molecule is Fc1cccc(COc2ccc([As])cc2Cl)c1. The standard InChI is InChI=1S/C13H9AsClFO/c14-10-4-5-13(12(15)7-10)17-8-9-2-1-3-11(16)6-9/h1-7H,8H2. The number of rotatable bonds is 3. The summed E-state index contributed by atoms with van der Waals surface area (Å²) in [7, 11) is 0. The second-order valence-corrected chi connectivity index (χ2v) is 5.02. The molecule has 0 aliphatic rings. The molecular weight excluding hydrogens is 302 g/mol. The monoisotopic (exact) mass is 310 g/mol. The molecular formula is C13H9AsClFO. The van der Waals surface area contributed by atoms with E-state index in [9.17, 15) is 4.39 Å². The van der Waals surface area contributed by atoms with Gasteiger partial charge >= 0.3 is 113 Å². The van der Waals surface area contributed by atoms with Crippen LogP contribution in [0, 0.1) is 5.82 Å². The summed E-state index contributed by atoms with van der Waals surface area (Å²) in [6.07, 6.45) is 0. The number of hydrogen-bond donors (Lipinski definition) is 0. The van der Waals surface area contributed by atoms with Gasteiger partial charge in [-0.3, -0.25) is 0 Å². The maximum absolute atomic E-state index is 12.9. The van der Waals surface area contributed by atoms with Crippen LogP contribution in [0.4, 0.5) is 4.39 Å². The molecule has 0 heterocycles. The van der Waals surface area contributed by atoms with Gasteiger partial charge in [0.05, 0.1) is 0 Å². The van der Waals surface area contributed by atoms with E-state index in [4.69, 9.17) is 16.3 Å². The van der Waals surface area contributed by atoms with Gasteiger partial charge in [-0.2, -0.15) is 0 Å². The minimum atomic E-state index is -0.265. The molecule has 2 aromatic carbocycles. The van der Waals surface area contributed by atoms with Gasteiger partial charge < -0.3 is 0 Å². The van der Waals surface area contributed by atoms with Crippen molar-refractivity contribution in [2.75, 3.05) is 0 Å². The maximum atomic E-state index is 12.9. The second-order valence-electron chi connectivity index (χ2n) is 3.53. The van der Waals surface area contributed by atoms with Crippen molar-refractivity contribution < 1.29 is 9.13 Å². The average molecular weight is 311 g/mol. The van der Waals surface area contributed by atoms with Gasteiger partial charge in [-0.15, -0.1) is 0 Å². The Morgan fingerprint density at radius 2 is 2.00 bits per heavy atom. The number of ether oxygens (including phenoxy) is 1. The summed E-state index contributed by atoms with van der Waals surface area (Å²) in [4.78, 5) is 0. The molecule has 86 valence electrons. The van der Waals surface area contributed by atoms with E-state index in [1.54, 1.807) is 12.1 Å². The molecule has 2 rings (SSSR count). The van der Waals surface area contributed by atoms with Crippen LogP contribution in [-0.2, 0) is 6.61 Å². The van der Waals surface area contributed by atoms with Crippen molar-refractivity contribution >= 4 is 32.8 Å². The van der Waals surface area contributed by atoms with E-state index < -0.39 is 0 Å². The quantitative estimate of drug-likeness (QED) is 0.792. The zero-order valence-corrected chi connectivity index (χ0v) is 11.5. The molecule has 0 amide bonds. The van der Waals surface area contributed by atoms with Crippen LogP contribution in [0.1, 0.15) is 5.56 Å². The summed E-state index contributed by atoms with van der Waals surface area (Å²) in [6.45, 7) is 0.301. The normalized spacial score (nSPS) is 10.3. The third-order valence-corrected chi connectivity index (χ3v) is 3.08. The van der Waals surface area contributed by atoms with Crippen LogP contribution in [-0.4, -0.2) is 16.9 Å². The van der Waals surface area contributed by atoms with E-state index >= 15 is 0 Å². The first kappa shape index (κ1) is 12.5. The van der Waals surface area contributed by atoms with E-state index in [1.165, 1.54) is 12.1 Å². The van der Waals surface area contributed by atoms with Gasteiger partial charge in [-0.25, -0.2) is 0 Å². The predicted molar refractivity (Wildman–Crippen MR) is 67.6 cm³/mol. The van der Waals surface area contributed by atoms with Gasteiger partial charge in [0, 0.05) is 0 Å². The molecule has 1 nitrogen and oxygen atoms in total. The number of halogens is 2. The summed E-state index contributed by atoms with van der Waals surface area (Å²) >= 11 is 8.43. The number of hydrogen-bond acceptors (Lipinski definition) is 1. The second kappa shape index (κ2) is 5.57. The van der Waals surface area contributed by atoms with Gasteiger partial charge in [0.15, 0.2) is 0 Å². The van der Waals surface area contributed by atoms with Crippen molar-refractivity contribution in [3.8, 4) is 5.75 Å². The first-order chi connectivity index (χ1) is 8.15. The van der Waals surface area contributed by atoms with Gasteiger partial charge in [0.2, 0.25) is 0 Å². The molecule has 0 saturated heterocycles. The van der Waals surface area contributed by atoms with Crippen LogP contribution in [0.15, 0.2) is 42.5 Å². The molecule has 0 aliphatic heterocycles. The van der Waals surface area contributed by atoms with Crippen molar-refractivity contribution in [3.63, 3.8) is 0 Å². The summed E-state index contributed by atoms with van der Waals surface area (Å²) < 4.78 is 19.5. The van der Waals surface area contributed by atoms with E-state index in [0.717, 1.165) is 9.91 Å². The summed E-state index contributed by atoms with van der Waals surface area (Å²) in [6, 6.07) is 11.8. The van der Waals surface area contributed by atoms with E-state index in [-0.39, 0.29) is 5.82 Å². The molecule has 0 spiro atoms. The van der Waals surface area contributed by atoms with Crippen molar-refractivity contribution in [1.82, 2.24) is 0 Å². The zero-order chi connectivity index (χ0) is 12.3. The van der Waals surface area contributed by atoms with Gasteiger partial charge in [-0.1, -0.05) is 0 Å².